The van der Waals surface area contributed by atoms with Crippen molar-refractivity contribution in [3.05, 3.63) is 35.4 Å². The van der Waals surface area contributed by atoms with Crippen molar-refractivity contribution in [1.29, 1.82) is 0 Å². The fourth-order valence-electron chi connectivity index (χ4n) is 0.989. The summed E-state index contributed by atoms with van der Waals surface area (Å²) in [6.45, 7) is 0.500. The van der Waals surface area contributed by atoms with Gasteiger partial charge in [0.2, 0.25) is 0 Å². The Morgan fingerprint density at radius 2 is 2.09 bits per heavy atom. The van der Waals surface area contributed by atoms with Crippen molar-refractivity contribution in [2.45, 2.75) is 6.10 Å². The topological polar surface area (TPSA) is 12.5 Å². The Bertz CT molecular complexity index is 281. The molecule has 1 aliphatic rings. The molecule has 1 saturated heterocycles. The van der Waals surface area contributed by atoms with Crippen LogP contribution in [0.2, 0.25) is 0 Å². The molecule has 58 valence electrons. The zero-order chi connectivity index (χ0) is 7.84. The van der Waals surface area contributed by atoms with E-state index in [9.17, 15) is 8.78 Å². The molecule has 1 atom stereocenters. The van der Waals surface area contributed by atoms with Crippen molar-refractivity contribution in [2.75, 3.05) is 6.61 Å². The second-order valence-corrected chi connectivity index (χ2v) is 2.49. The van der Waals surface area contributed by atoms with Gasteiger partial charge in [-0.15, -0.1) is 0 Å². The highest BCUT2D eigenvalue weighted by Gasteiger charge is 2.27. The summed E-state index contributed by atoms with van der Waals surface area (Å²) in [4.78, 5) is 0. The summed E-state index contributed by atoms with van der Waals surface area (Å²) in [5, 5.41) is 0. The summed E-state index contributed by atoms with van der Waals surface area (Å²) in [6.07, 6.45) is -0.217. The van der Waals surface area contributed by atoms with Crippen LogP contribution in [0.15, 0.2) is 18.2 Å². The average molecular weight is 156 g/mol. The Kier molecular flexibility index (Phi) is 1.39. The first kappa shape index (κ1) is 6.73. The molecule has 0 N–H and O–H groups in total. The van der Waals surface area contributed by atoms with Crippen LogP contribution in [0.1, 0.15) is 11.7 Å². The molecule has 1 nitrogen and oxygen atoms in total. The van der Waals surface area contributed by atoms with E-state index >= 15 is 0 Å². The molecule has 0 aliphatic carbocycles. The number of benzene rings is 1. The lowest BCUT2D eigenvalue weighted by Gasteiger charge is -1.96. The van der Waals surface area contributed by atoms with Crippen LogP contribution in [0, 0.1) is 11.6 Å². The highest BCUT2D eigenvalue weighted by molar-refractivity contribution is 5.23. The van der Waals surface area contributed by atoms with Gasteiger partial charge in [-0.3, -0.25) is 0 Å². The van der Waals surface area contributed by atoms with Crippen LogP contribution in [0.4, 0.5) is 8.78 Å². The average Bonchev–Trinajstić information content (AvgIpc) is 2.76. The second kappa shape index (κ2) is 2.27. The summed E-state index contributed by atoms with van der Waals surface area (Å²) in [6, 6.07) is 3.39. The fraction of sp³-hybridized carbons (Fsp3) is 0.250. The first-order valence-electron chi connectivity index (χ1n) is 3.34. The lowest BCUT2D eigenvalue weighted by molar-refractivity contribution is 0.406. The van der Waals surface area contributed by atoms with Gasteiger partial charge in [-0.2, -0.15) is 0 Å². The Morgan fingerprint density at radius 1 is 1.36 bits per heavy atom. The van der Waals surface area contributed by atoms with Crippen LogP contribution in [0.25, 0.3) is 0 Å². The minimum atomic E-state index is -0.420. The van der Waals surface area contributed by atoms with Gasteiger partial charge in [0, 0.05) is 5.56 Å². The predicted octanol–water partition coefficient (Wildman–Crippen LogP) is 2.04. The second-order valence-electron chi connectivity index (χ2n) is 2.49. The minimum Gasteiger partial charge on any atom is -0.368 e. The number of epoxide rings is 1. The standard InChI is InChI=1S/C8H6F2O/c9-5-1-2-7(10)6(3-5)8-4-11-8/h1-3,8H,4H2. The van der Waals surface area contributed by atoms with E-state index in [2.05, 4.69) is 0 Å². The van der Waals surface area contributed by atoms with Gasteiger partial charge in [0.1, 0.15) is 17.7 Å². The maximum absolute atomic E-state index is 12.8. The number of ether oxygens (including phenoxy) is 1. The van der Waals surface area contributed by atoms with E-state index in [1.807, 2.05) is 0 Å². The molecule has 1 fully saturated rings. The highest BCUT2D eigenvalue weighted by Crippen LogP contribution is 2.31. The van der Waals surface area contributed by atoms with Crippen LogP contribution in [-0.2, 0) is 4.74 Å². The van der Waals surface area contributed by atoms with Crippen LogP contribution >= 0.6 is 0 Å². The molecule has 1 aromatic rings. The van der Waals surface area contributed by atoms with E-state index in [4.69, 9.17) is 4.74 Å². The van der Waals surface area contributed by atoms with Crippen LogP contribution in [0.5, 0.6) is 0 Å². The van der Waals surface area contributed by atoms with E-state index in [1.165, 1.54) is 6.07 Å². The molecule has 0 bridgehead atoms. The third kappa shape index (κ3) is 1.24. The van der Waals surface area contributed by atoms with Crippen molar-refractivity contribution in [3.63, 3.8) is 0 Å². The van der Waals surface area contributed by atoms with Gasteiger partial charge in [-0.25, -0.2) is 8.78 Å². The maximum atomic E-state index is 12.8. The van der Waals surface area contributed by atoms with E-state index in [-0.39, 0.29) is 6.10 Å². The van der Waals surface area contributed by atoms with Gasteiger partial charge in [-0.1, -0.05) is 0 Å². The van der Waals surface area contributed by atoms with Gasteiger partial charge in [0.25, 0.3) is 0 Å². The summed E-state index contributed by atoms with van der Waals surface area (Å²) in [7, 11) is 0. The molecule has 1 heterocycles. The Morgan fingerprint density at radius 3 is 2.73 bits per heavy atom. The lowest BCUT2D eigenvalue weighted by Crippen LogP contribution is -1.88. The molecule has 0 spiro atoms. The number of halogens is 2. The third-order valence-corrected chi connectivity index (χ3v) is 1.64. The van der Waals surface area contributed by atoms with Gasteiger partial charge >= 0.3 is 0 Å². The van der Waals surface area contributed by atoms with E-state index in [0.29, 0.717) is 12.2 Å². The molecule has 3 heteroatoms. The molecular weight excluding hydrogens is 150 g/mol. The molecule has 1 aromatic carbocycles. The normalized spacial score (nSPS) is 21.8. The molecule has 0 radical (unpaired) electrons. The molecule has 11 heavy (non-hydrogen) atoms. The lowest BCUT2D eigenvalue weighted by atomic mass is 10.1. The minimum absolute atomic E-state index is 0.217. The summed E-state index contributed by atoms with van der Waals surface area (Å²) < 4.78 is 30.2. The first-order valence-corrected chi connectivity index (χ1v) is 3.34. The van der Waals surface area contributed by atoms with E-state index < -0.39 is 11.6 Å². The molecule has 0 saturated carbocycles. The van der Waals surface area contributed by atoms with Crippen molar-refractivity contribution in [1.82, 2.24) is 0 Å². The third-order valence-electron chi connectivity index (χ3n) is 1.64. The molecule has 1 unspecified atom stereocenters. The fourth-order valence-corrected chi connectivity index (χ4v) is 0.989. The Balaban J connectivity index is 2.42. The quantitative estimate of drug-likeness (QED) is 0.567. The maximum Gasteiger partial charge on any atom is 0.129 e. The monoisotopic (exact) mass is 156 g/mol. The SMILES string of the molecule is Fc1ccc(F)c(C2CO2)c1. The summed E-state index contributed by atoms with van der Waals surface area (Å²) >= 11 is 0. The highest BCUT2D eigenvalue weighted by atomic mass is 19.1. The zero-order valence-electron chi connectivity index (χ0n) is 5.68. The van der Waals surface area contributed by atoms with Crippen molar-refractivity contribution in [3.8, 4) is 0 Å². The summed E-state index contributed by atoms with van der Waals surface area (Å²) in [5.41, 5.74) is 0.324. The zero-order valence-corrected chi connectivity index (χ0v) is 5.68. The molecule has 0 aromatic heterocycles. The van der Waals surface area contributed by atoms with E-state index in [0.717, 1.165) is 12.1 Å². The largest absolute Gasteiger partial charge is 0.368 e. The first-order chi connectivity index (χ1) is 5.27. The van der Waals surface area contributed by atoms with Crippen molar-refractivity contribution < 1.29 is 13.5 Å². The predicted molar refractivity (Wildman–Crippen MR) is 35.1 cm³/mol. The number of hydrogen-bond acceptors (Lipinski definition) is 1. The molecule has 2 rings (SSSR count). The van der Waals surface area contributed by atoms with Gasteiger partial charge in [-0.05, 0) is 18.2 Å². The molecule has 0 amide bonds. The van der Waals surface area contributed by atoms with Gasteiger partial charge in [0.15, 0.2) is 0 Å². The van der Waals surface area contributed by atoms with Gasteiger partial charge < -0.3 is 4.74 Å². The van der Waals surface area contributed by atoms with Crippen molar-refractivity contribution >= 4 is 0 Å². The Labute approximate surface area is 62.6 Å². The number of hydrogen-bond donors (Lipinski definition) is 0. The Hall–Kier alpha value is -0.960. The van der Waals surface area contributed by atoms with Crippen LogP contribution in [-0.4, -0.2) is 6.61 Å². The van der Waals surface area contributed by atoms with E-state index in [1.54, 1.807) is 0 Å². The van der Waals surface area contributed by atoms with Crippen molar-refractivity contribution in [2.24, 2.45) is 0 Å². The van der Waals surface area contributed by atoms with Crippen LogP contribution < -0.4 is 0 Å². The molecule has 1 aliphatic heterocycles. The smallest absolute Gasteiger partial charge is 0.129 e. The molecular formula is C8H6F2O. The summed E-state index contributed by atoms with van der Waals surface area (Å²) in [5.74, 6) is -0.814. The number of rotatable bonds is 1. The van der Waals surface area contributed by atoms with Gasteiger partial charge in [0.05, 0.1) is 6.61 Å². The van der Waals surface area contributed by atoms with Crippen LogP contribution in [0.3, 0.4) is 0 Å².